The molecule has 3 aromatic rings. The standard InChI is InChI=1S/C27H26O4/c1-30-24-14-15-25(31-2)23(17-24)16-22-13-12-20-5-3-4-19(26(20)22)9-6-18-7-10-21(11-8-18)27(28)29/h3-5,7-8,10-11,14-17H,6,9,12-13H2,1-2H3,(H,28,29). The quantitative estimate of drug-likeness (QED) is 0.541. The zero-order valence-electron chi connectivity index (χ0n) is 17.9. The lowest BCUT2D eigenvalue weighted by Gasteiger charge is -2.12. The van der Waals surface area contributed by atoms with Crippen LogP contribution in [0, 0.1) is 0 Å². The number of carboxylic acid groups (broad SMARTS) is 1. The number of carbonyl (C=O) groups is 1. The number of fused-ring (bicyclic) bond motifs is 1. The zero-order chi connectivity index (χ0) is 21.8. The molecule has 0 amide bonds. The molecule has 1 aliphatic rings. The van der Waals surface area contributed by atoms with Crippen LogP contribution in [0.5, 0.6) is 11.5 Å². The highest BCUT2D eigenvalue weighted by atomic mass is 16.5. The van der Waals surface area contributed by atoms with E-state index in [-0.39, 0.29) is 0 Å². The fourth-order valence-corrected chi connectivity index (χ4v) is 4.25. The van der Waals surface area contributed by atoms with Crippen LogP contribution in [-0.4, -0.2) is 25.3 Å². The van der Waals surface area contributed by atoms with E-state index in [1.165, 1.54) is 22.3 Å². The van der Waals surface area contributed by atoms with E-state index in [4.69, 9.17) is 14.6 Å². The van der Waals surface area contributed by atoms with Gasteiger partial charge in [0, 0.05) is 5.56 Å². The van der Waals surface area contributed by atoms with Gasteiger partial charge in [-0.1, -0.05) is 30.3 Å². The van der Waals surface area contributed by atoms with E-state index in [2.05, 4.69) is 24.3 Å². The van der Waals surface area contributed by atoms with Crippen LogP contribution in [0.15, 0.2) is 60.7 Å². The van der Waals surface area contributed by atoms with Crippen LogP contribution in [0.3, 0.4) is 0 Å². The van der Waals surface area contributed by atoms with E-state index in [1.807, 2.05) is 30.3 Å². The first kappa shape index (κ1) is 20.7. The Hall–Kier alpha value is -3.53. The van der Waals surface area contributed by atoms with Gasteiger partial charge in [0.1, 0.15) is 11.5 Å². The number of hydrogen-bond acceptors (Lipinski definition) is 3. The SMILES string of the molecule is COc1ccc(OC)c(C=C2CCc3cccc(CCc4ccc(C(=O)O)cc4)c32)c1. The van der Waals surface area contributed by atoms with Crippen molar-refractivity contribution in [3.05, 3.63) is 94.0 Å². The minimum atomic E-state index is -0.893. The summed E-state index contributed by atoms with van der Waals surface area (Å²) >= 11 is 0. The number of benzene rings is 3. The fourth-order valence-electron chi connectivity index (χ4n) is 4.25. The van der Waals surface area contributed by atoms with E-state index < -0.39 is 5.97 Å². The molecular formula is C27H26O4. The fraction of sp³-hybridized carbons (Fsp3) is 0.222. The maximum absolute atomic E-state index is 11.1. The molecule has 4 heteroatoms. The molecule has 0 saturated carbocycles. The second kappa shape index (κ2) is 9.09. The summed E-state index contributed by atoms with van der Waals surface area (Å²) in [7, 11) is 3.36. The molecular weight excluding hydrogens is 388 g/mol. The second-order valence-corrected chi connectivity index (χ2v) is 7.73. The molecule has 4 nitrogen and oxygen atoms in total. The molecule has 0 fully saturated rings. The summed E-state index contributed by atoms with van der Waals surface area (Å²) in [6, 6.07) is 19.6. The van der Waals surface area contributed by atoms with Gasteiger partial charge in [-0.2, -0.15) is 0 Å². The molecule has 0 heterocycles. The van der Waals surface area contributed by atoms with Crippen LogP contribution in [0.4, 0.5) is 0 Å². The van der Waals surface area contributed by atoms with Crippen molar-refractivity contribution in [2.45, 2.75) is 25.7 Å². The van der Waals surface area contributed by atoms with E-state index >= 15 is 0 Å². The third-order valence-electron chi connectivity index (χ3n) is 5.87. The maximum Gasteiger partial charge on any atom is 0.335 e. The van der Waals surface area contributed by atoms with Crippen LogP contribution in [0.1, 0.15) is 44.6 Å². The molecule has 158 valence electrons. The lowest BCUT2D eigenvalue weighted by Crippen LogP contribution is -1.99. The topological polar surface area (TPSA) is 55.8 Å². The van der Waals surface area contributed by atoms with Crippen LogP contribution >= 0.6 is 0 Å². The molecule has 4 rings (SSSR count). The molecule has 0 aromatic heterocycles. The molecule has 0 radical (unpaired) electrons. The molecule has 1 aliphatic carbocycles. The number of hydrogen-bond donors (Lipinski definition) is 1. The average Bonchev–Trinajstić information content (AvgIpc) is 3.21. The highest BCUT2D eigenvalue weighted by Gasteiger charge is 2.20. The van der Waals surface area contributed by atoms with Crippen LogP contribution in [0.25, 0.3) is 11.6 Å². The zero-order valence-corrected chi connectivity index (χ0v) is 17.9. The Morgan fingerprint density at radius 1 is 0.968 bits per heavy atom. The van der Waals surface area contributed by atoms with Crippen molar-refractivity contribution in [3.8, 4) is 11.5 Å². The minimum absolute atomic E-state index is 0.321. The van der Waals surface area contributed by atoms with Gasteiger partial charge in [-0.25, -0.2) is 4.79 Å². The average molecular weight is 415 g/mol. The van der Waals surface area contributed by atoms with Gasteiger partial charge in [0.15, 0.2) is 0 Å². The number of aromatic carboxylic acids is 1. The van der Waals surface area contributed by atoms with E-state index in [9.17, 15) is 4.79 Å². The number of allylic oxidation sites excluding steroid dienone is 1. The monoisotopic (exact) mass is 414 g/mol. The van der Waals surface area contributed by atoms with Crippen molar-refractivity contribution in [1.82, 2.24) is 0 Å². The van der Waals surface area contributed by atoms with Crippen LogP contribution in [-0.2, 0) is 19.3 Å². The molecule has 0 unspecified atom stereocenters. The predicted octanol–water partition coefficient (Wildman–Crippen LogP) is 5.67. The number of carboxylic acids is 1. The van der Waals surface area contributed by atoms with Gasteiger partial charge < -0.3 is 14.6 Å². The van der Waals surface area contributed by atoms with Gasteiger partial charge in [-0.05, 0) is 89.9 Å². The first-order chi connectivity index (χ1) is 15.1. The highest BCUT2D eigenvalue weighted by molar-refractivity contribution is 5.88. The molecule has 31 heavy (non-hydrogen) atoms. The molecule has 3 aromatic carbocycles. The molecule has 1 N–H and O–H groups in total. The summed E-state index contributed by atoms with van der Waals surface area (Å²) in [5.41, 5.74) is 7.84. The van der Waals surface area contributed by atoms with Crippen LogP contribution in [0.2, 0.25) is 0 Å². The number of aryl methyl sites for hydroxylation is 3. The van der Waals surface area contributed by atoms with E-state index in [0.717, 1.165) is 48.3 Å². The lowest BCUT2D eigenvalue weighted by atomic mass is 9.94. The van der Waals surface area contributed by atoms with Crippen molar-refractivity contribution < 1.29 is 19.4 Å². The molecule has 0 bridgehead atoms. The Bertz CT molecular complexity index is 1130. The van der Waals surface area contributed by atoms with Gasteiger partial charge in [0.25, 0.3) is 0 Å². The number of rotatable bonds is 7. The smallest absolute Gasteiger partial charge is 0.335 e. The Balaban J connectivity index is 1.62. The predicted molar refractivity (Wildman–Crippen MR) is 123 cm³/mol. The summed E-state index contributed by atoms with van der Waals surface area (Å²) in [6.07, 6.45) is 6.03. The summed E-state index contributed by atoms with van der Waals surface area (Å²) in [5, 5.41) is 9.09. The lowest BCUT2D eigenvalue weighted by molar-refractivity contribution is 0.0697. The molecule has 0 atom stereocenters. The number of methoxy groups -OCH3 is 2. The summed E-state index contributed by atoms with van der Waals surface area (Å²) in [6.45, 7) is 0. The number of ether oxygens (including phenoxy) is 2. The molecule has 0 saturated heterocycles. The molecule has 0 spiro atoms. The van der Waals surface area contributed by atoms with Crippen molar-refractivity contribution in [1.29, 1.82) is 0 Å². The minimum Gasteiger partial charge on any atom is -0.497 e. The Labute approximate surface area is 182 Å². The largest absolute Gasteiger partial charge is 0.497 e. The van der Waals surface area contributed by atoms with Crippen molar-refractivity contribution in [2.24, 2.45) is 0 Å². The van der Waals surface area contributed by atoms with E-state index in [0.29, 0.717) is 5.56 Å². The first-order valence-electron chi connectivity index (χ1n) is 10.4. The summed E-state index contributed by atoms with van der Waals surface area (Å²) in [4.78, 5) is 11.1. The molecule has 0 aliphatic heterocycles. The van der Waals surface area contributed by atoms with Crippen molar-refractivity contribution >= 4 is 17.6 Å². The third kappa shape index (κ3) is 4.48. The second-order valence-electron chi connectivity index (χ2n) is 7.73. The highest BCUT2D eigenvalue weighted by Crippen LogP contribution is 2.38. The van der Waals surface area contributed by atoms with Gasteiger partial charge in [-0.3, -0.25) is 0 Å². The van der Waals surface area contributed by atoms with Gasteiger partial charge in [-0.15, -0.1) is 0 Å². The van der Waals surface area contributed by atoms with Gasteiger partial charge in [0.2, 0.25) is 0 Å². The Kier molecular flexibility index (Phi) is 6.08. The van der Waals surface area contributed by atoms with Crippen LogP contribution < -0.4 is 9.47 Å². The van der Waals surface area contributed by atoms with Crippen molar-refractivity contribution in [2.75, 3.05) is 14.2 Å². The summed E-state index contributed by atoms with van der Waals surface area (Å²) in [5.74, 6) is 0.747. The normalized spacial score (nSPS) is 13.8. The summed E-state index contributed by atoms with van der Waals surface area (Å²) < 4.78 is 11.0. The van der Waals surface area contributed by atoms with E-state index in [1.54, 1.807) is 26.4 Å². The van der Waals surface area contributed by atoms with Crippen molar-refractivity contribution in [3.63, 3.8) is 0 Å². The Morgan fingerprint density at radius 3 is 2.48 bits per heavy atom. The van der Waals surface area contributed by atoms with Gasteiger partial charge in [0.05, 0.1) is 19.8 Å². The first-order valence-corrected chi connectivity index (χ1v) is 10.4. The third-order valence-corrected chi connectivity index (χ3v) is 5.87. The maximum atomic E-state index is 11.1. The Morgan fingerprint density at radius 2 is 1.77 bits per heavy atom. The van der Waals surface area contributed by atoms with Gasteiger partial charge >= 0.3 is 5.97 Å².